The van der Waals surface area contributed by atoms with Crippen molar-refractivity contribution in [3.05, 3.63) is 70.3 Å². The molecule has 9 rings (SSSR count). The predicted octanol–water partition coefficient (Wildman–Crippen LogP) is 8.32. The molecule has 13 nitrogen and oxygen atoms in total. The highest BCUT2D eigenvalue weighted by Crippen LogP contribution is 2.47. The van der Waals surface area contributed by atoms with E-state index in [1.54, 1.807) is 13.2 Å². The van der Waals surface area contributed by atoms with E-state index in [0.29, 0.717) is 43.3 Å². The third kappa shape index (κ3) is 8.65. The number of thiazole rings is 1. The number of nitrogens with one attached hydrogen (secondary N) is 2. The van der Waals surface area contributed by atoms with Crippen LogP contribution in [0.1, 0.15) is 121 Å². The zero-order valence-corrected chi connectivity index (χ0v) is 41.0. The number of hydrogen-bond donors (Lipinski definition) is 2. The van der Waals surface area contributed by atoms with E-state index < -0.39 is 35.0 Å². The fourth-order valence-electron chi connectivity index (χ4n) is 11.0. The van der Waals surface area contributed by atoms with Gasteiger partial charge in [-0.2, -0.15) is 0 Å². The van der Waals surface area contributed by atoms with Gasteiger partial charge in [-0.05, 0) is 126 Å². The minimum Gasteiger partial charge on any atom is -0.464 e. The SMILES string of the molecule is C=C[C@]1(OCC)c2nc(cs2)-c2ccc3c(c2)c(c(-c2cc(C4CCN(C5CC5)CC4)cnc2[C@H](C)OC)n3CC)CC(C)(C)COC(=O)[C@@H]2CCCN(N2)C(=O)[C@H]1NC(=O)C1[C@@H](C)[C@H]1C. The topological polar surface area (TPSA) is 140 Å². The van der Waals surface area contributed by atoms with Crippen molar-refractivity contribution in [2.45, 2.75) is 136 Å². The lowest BCUT2D eigenvalue weighted by molar-refractivity contribution is -0.158. The Balaban J connectivity index is 1.21. The number of benzene rings is 1. The Bertz CT molecular complexity index is 2480. The van der Waals surface area contributed by atoms with Crippen molar-refractivity contribution < 1.29 is 28.6 Å². The molecule has 5 aliphatic rings. The van der Waals surface area contributed by atoms with Gasteiger partial charge in [0.1, 0.15) is 17.1 Å². The molecular weight excluding hydrogens is 851 g/mol. The molecule has 1 unspecified atom stereocenters. The number of carbonyl (C=O) groups is 3. The second kappa shape index (κ2) is 18.6. The van der Waals surface area contributed by atoms with Gasteiger partial charge in [0.05, 0.1) is 29.8 Å². The Labute approximate surface area is 394 Å². The number of hydrazine groups is 1. The number of piperidine rings is 1. The lowest BCUT2D eigenvalue weighted by Gasteiger charge is -2.41. The number of fused-ring (bicyclic) bond motifs is 6. The second-order valence-electron chi connectivity index (χ2n) is 20.3. The van der Waals surface area contributed by atoms with Crippen molar-refractivity contribution in [3.8, 4) is 22.5 Å². The van der Waals surface area contributed by atoms with Crippen LogP contribution in [0.5, 0.6) is 0 Å². The van der Waals surface area contributed by atoms with Crippen LogP contribution in [0.2, 0.25) is 0 Å². The number of aromatic nitrogens is 3. The Kier molecular flexibility index (Phi) is 13.1. The molecule has 2 amide bonds. The number of carbonyl (C=O) groups excluding carboxylic acids is 3. The normalized spacial score (nSPS) is 27.9. The van der Waals surface area contributed by atoms with Gasteiger partial charge < -0.3 is 29.0 Å². The summed E-state index contributed by atoms with van der Waals surface area (Å²) >= 11 is 1.38. The number of likely N-dealkylation sites (tertiary alicyclic amines) is 1. The number of methoxy groups -OCH3 is 1. The molecule has 2 saturated carbocycles. The van der Waals surface area contributed by atoms with Gasteiger partial charge in [-0.25, -0.2) is 10.4 Å². The molecule has 7 atom stereocenters. The summed E-state index contributed by atoms with van der Waals surface area (Å²) in [6.07, 6.45) is 9.96. The molecule has 0 spiro atoms. The van der Waals surface area contributed by atoms with Gasteiger partial charge in [-0.1, -0.05) is 46.4 Å². The van der Waals surface area contributed by atoms with Gasteiger partial charge in [0.15, 0.2) is 5.60 Å². The van der Waals surface area contributed by atoms with Crippen molar-refractivity contribution in [2.75, 3.05) is 40.0 Å². The molecule has 14 heteroatoms. The fraction of sp³-hybridized carbons (Fsp3) is 0.596. The lowest BCUT2D eigenvalue weighted by atomic mass is 9.83. The van der Waals surface area contributed by atoms with E-state index in [0.717, 1.165) is 76.6 Å². The molecular formula is C52H69N7O6S. The maximum Gasteiger partial charge on any atom is 0.324 e. The Morgan fingerprint density at radius 3 is 2.52 bits per heavy atom. The molecule has 6 heterocycles. The number of esters is 1. The number of ether oxygens (including phenoxy) is 3. The van der Waals surface area contributed by atoms with E-state index in [2.05, 4.69) is 84.9 Å². The molecule has 4 aromatic rings. The highest BCUT2D eigenvalue weighted by molar-refractivity contribution is 7.10. The van der Waals surface area contributed by atoms with Crippen molar-refractivity contribution in [1.82, 2.24) is 35.2 Å². The van der Waals surface area contributed by atoms with Crippen LogP contribution in [-0.4, -0.2) is 100 Å². The Morgan fingerprint density at radius 2 is 1.85 bits per heavy atom. The van der Waals surface area contributed by atoms with Crippen molar-refractivity contribution in [3.63, 3.8) is 0 Å². The largest absolute Gasteiger partial charge is 0.464 e. The van der Waals surface area contributed by atoms with Crippen molar-refractivity contribution in [1.29, 1.82) is 0 Å². The van der Waals surface area contributed by atoms with E-state index in [9.17, 15) is 14.4 Å². The summed E-state index contributed by atoms with van der Waals surface area (Å²) in [6, 6.07) is 7.69. The molecule has 3 aromatic heterocycles. The van der Waals surface area contributed by atoms with Crippen LogP contribution in [0.3, 0.4) is 0 Å². The number of rotatable bonds is 11. The molecule has 66 heavy (non-hydrogen) atoms. The molecule has 0 radical (unpaired) electrons. The number of nitrogens with zero attached hydrogens (tertiary/aromatic N) is 5. The summed E-state index contributed by atoms with van der Waals surface area (Å²) in [6.45, 7) is 22.4. The minimum atomic E-state index is -1.52. The molecule has 4 fully saturated rings. The summed E-state index contributed by atoms with van der Waals surface area (Å²) < 4.78 is 21.3. The number of pyridine rings is 1. The summed E-state index contributed by atoms with van der Waals surface area (Å²) in [5, 5.41) is 8.16. The van der Waals surface area contributed by atoms with E-state index in [4.69, 9.17) is 24.2 Å². The quantitative estimate of drug-likeness (QED) is 0.112. The predicted molar refractivity (Wildman–Crippen MR) is 258 cm³/mol. The van der Waals surface area contributed by atoms with Crippen LogP contribution < -0.4 is 10.7 Å². The Morgan fingerprint density at radius 1 is 1.09 bits per heavy atom. The highest BCUT2D eigenvalue weighted by Gasteiger charge is 2.54. The van der Waals surface area contributed by atoms with Gasteiger partial charge in [0.25, 0.3) is 5.91 Å². The van der Waals surface area contributed by atoms with Gasteiger partial charge in [-0.15, -0.1) is 11.3 Å². The third-order valence-corrected chi connectivity index (χ3v) is 16.4. The number of aryl methyl sites for hydroxylation is 1. The molecule has 354 valence electrons. The lowest BCUT2D eigenvalue weighted by Crippen LogP contribution is -2.65. The smallest absolute Gasteiger partial charge is 0.324 e. The molecule has 2 N–H and O–H groups in total. The minimum absolute atomic E-state index is 0.158. The summed E-state index contributed by atoms with van der Waals surface area (Å²) in [4.78, 5) is 56.2. The maximum absolute atomic E-state index is 15.0. The molecule has 2 aliphatic carbocycles. The van der Waals surface area contributed by atoms with Crippen LogP contribution >= 0.6 is 11.3 Å². The Hall–Kier alpha value is -4.47. The first kappa shape index (κ1) is 46.6. The zero-order valence-electron chi connectivity index (χ0n) is 40.2. The first-order valence-electron chi connectivity index (χ1n) is 24.4. The van der Waals surface area contributed by atoms with E-state index in [1.165, 1.54) is 34.8 Å². The highest BCUT2D eigenvalue weighted by atomic mass is 32.1. The number of amides is 2. The third-order valence-electron chi connectivity index (χ3n) is 15.4. The first-order valence-corrected chi connectivity index (χ1v) is 25.3. The number of hydrogen-bond acceptors (Lipinski definition) is 11. The molecule has 2 saturated heterocycles. The van der Waals surface area contributed by atoms with Gasteiger partial charge in [0.2, 0.25) is 5.91 Å². The zero-order chi connectivity index (χ0) is 46.7. The molecule has 3 aliphatic heterocycles. The van der Waals surface area contributed by atoms with E-state index in [1.807, 2.05) is 26.2 Å². The second-order valence-corrected chi connectivity index (χ2v) is 21.2. The van der Waals surface area contributed by atoms with Crippen molar-refractivity contribution >= 4 is 40.0 Å². The molecule has 6 bridgehead atoms. The monoisotopic (exact) mass is 920 g/mol. The van der Waals surface area contributed by atoms with Gasteiger partial charge >= 0.3 is 5.97 Å². The van der Waals surface area contributed by atoms with Crippen LogP contribution in [0, 0.1) is 23.2 Å². The van der Waals surface area contributed by atoms with Gasteiger partial charge in [0, 0.05) is 77.8 Å². The van der Waals surface area contributed by atoms with Crippen LogP contribution in [-0.2, 0) is 47.2 Å². The fourth-order valence-corrected chi connectivity index (χ4v) is 12.0. The van der Waals surface area contributed by atoms with Crippen LogP contribution in [0.25, 0.3) is 33.4 Å². The van der Waals surface area contributed by atoms with E-state index >= 15 is 0 Å². The average Bonchev–Trinajstić information content (AvgIpc) is 4.19. The van der Waals surface area contributed by atoms with Crippen LogP contribution in [0.15, 0.2) is 48.5 Å². The van der Waals surface area contributed by atoms with Crippen molar-refractivity contribution in [2.24, 2.45) is 23.2 Å². The van der Waals surface area contributed by atoms with Gasteiger partial charge in [-0.3, -0.25) is 24.4 Å². The standard InChI is InChI=1S/C52H69N7O6S/c1-10-52(65-12-3)46(55-47(60)43-30(4)31(43)5)48(61)59-21-13-14-40(56-59)49(62)64-29-51(7,8)26-39-37-24-34(41-28-66-50(52)54-41)15-18-42(37)58(11-2)45(39)38-25-35(27-53-44(38)32(6)63-9)33-19-22-57(23-20-33)36-16-17-36/h10,15,18,24-25,27-28,30-33,36,40,43,46,56H,1,11-14,16-17,19-23,26,29H2,2-9H3,(H,55,60)/t30-,31+,32-,40-,43?,46+,52+/m0/s1. The van der Waals surface area contributed by atoms with E-state index in [-0.39, 0.29) is 43.0 Å². The maximum atomic E-state index is 15.0. The van der Waals surface area contributed by atoms with Crippen LogP contribution in [0.4, 0.5) is 0 Å². The summed E-state index contributed by atoms with van der Waals surface area (Å²) in [5.41, 5.74) is 9.37. The molecule has 1 aromatic carbocycles. The average molecular weight is 920 g/mol. The summed E-state index contributed by atoms with van der Waals surface area (Å²) in [5.74, 6) is -0.530. The first-order chi connectivity index (χ1) is 31.7. The summed E-state index contributed by atoms with van der Waals surface area (Å²) in [7, 11) is 1.74. The number of cyclic esters (lactones) is 1.